The van der Waals surface area contributed by atoms with Gasteiger partial charge >= 0.3 is 6.36 Å². The predicted molar refractivity (Wildman–Crippen MR) is 55.1 cm³/mol. The van der Waals surface area contributed by atoms with Crippen LogP contribution in [0.25, 0.3) is 0 Å². The lowest BCUT2D eigenvalue weighted by molar-refractivity contribution is -0.274. The number of halogens is 3. The van der Waals surface area contributed by atoms with Crippen molar-refractivity contribution in [3.63, 3.8) is 0 Å². The fraction of sp³-hybridized carbons (Fsp3) is 0.455. The van der Waals surface area contributed by atoms with Gasteiger partial charge < -0.3 is 10.5 Å². The number of hydrogen-bond acceptors (Lipinski definition) is 2. The zero-order valence-corrected chi connectivity index (χ0v) is 9.14. The Hall–Kier alpha value is -1.23. The van der Waals surface area contributed by atoms with Crippen LogP contribution >= 0.6 is 0 Å². The minimum absolute atomic E-state index is 0.214. The number of ether oxygens (including phenoxy) is 1. The van der Waals surface area contributed by atoms with Crippen LogP contribution in [0.4, 0.5) is 13.2 Å². The van der Waals surface area contributed by atoms with E-state index in [0.29, 0.717) is 12.0 Å². The maximum absolute atomic E-state index is 12.0. The molecule has 1 rings (SSSR count). The van der Waals surface area contributed by atoms with Gasteiger partial charge in [0.05, 0.1) is 0 Å². The van der Waals surface area contributed by atoms with E-state index >= 15 is 0 Å². The molecule has 0 heterocycles. The molecule has 0 amide bonds. The predicted octanol–water partition coefficient (Wildman–Crippen LogP) is 2.87. The molecule has 0 saturated heterocycles. The second kappa shape index (κ2) is 4.33. The van der Waals surface area contributed by atoms with Crippen LogP contribution in [0.1, 0.15) is 19.4 Å². The fourth-order valence-electron chi connectivity index (χ4n) is 1.38. The highest BCUT2D eigenvalue weighted by Gasteiger charge is 2.31. The van der Waals surface area contributed by atoms with Crippen molar-refractivity contribution >= 4 is 0 Å². The molecule has 0 aliphatic rings. The van der Waals surface area contributed by atoms with Gasteiger partial charge in [-0.05, 0) is 38.0 Å². The summed E-state index contributed by atoms with van der Waals surface area (Å²) in [6.45, 7) is 3.62. The summed E-state index contributed by atoms with van der Waals surface area (Å²) in [7, 11) is 0. The molecular weight excluding hydrogens is 219 g/mol. The molecule has 2 N–H and O–H groups in total. The summed E-state index contributed by atoms with van der Waals surface area (Å²) in [6, 6.07) is 5.85. The van der Waals surface area contributed by atoms with Crippen molar-refractivity contribution in [2.24, 2.45) is 5.73 Å². The molecule has 16 heavy (non-hydrogen) atoms. The first kappa shape index (κ1) is 12.8. The van der Waals surface area contributed by atoms with E-state index in [1.54, 1.807) is 6.07 Å². The van der Waals surface area contributed by atoms with E-state index in [0.717, 1.165) is 0 Å². The van der Waals surface area contributed by atoms with Gasteiger partial charge in [-0.1, -0.05) is 12.1 Å². The van der Waals surface area contributed by atoms with Gasteiger partial charge in [-0.25, -0.2) is 0 Å². The first-order valence-electron chi connectivity index (χ1n) is 4.79. The normalized spacial score (nSPS) is 12.6. The van der Waals surface area contributed by atoms with Crippen LogP contribution in [-0.2, 0) is 6.42 Å². The van der Waals surface area contributed by atoms with Crippen molar-refractivity contribution in [1.29, 1.82) is 0 Å². The molecule has 0 bridgehead atoms. The van der Waals surface area contributed by atoms with Gasteiger partial charge in [0.1, 0.15) is 5.75 Å². The third-order valence-corrected chi connectivity index (χ3v) is 1.79. The first-order chi connectivity index (χ1) is 7.16. The van der Waals surface area contributed by atoms with Crippen LogP contribution in [0.5, 0.6) is 5.75 Å². The summed E-state index contributed by atoms with van der Waals surface area (Å²) < 4.78 is 39.7. The second-order valence-corrected chi connectivity index (χ2v) is 4.36. The molecule has 0 aliphatic heterocycles. The summed E-state index contributed by atoms with van der Waals surface area (Å²) in [6.07, 6.45) is -4.17. The lowest BCUT2D eigenvalue weighted by atomic mass is 9.96. The molecular formula is C11H14F3NO. The van der Waals surface area contributed by atoms with Gasteiger partial charge in [0.2, 0.25) is 0 Å². The summed E-state index contributed by atoms with van der Waals surface area (Å²) in [4.78, 5) is 0. The molecule has 0 unspecified atom stereocenters. The highest BCUT2D eigenvalue weighted by atomic mass is 19.4. The molecule has 1 aromatic carbocycles. The fourth-order valence-corrected chi connectivity index (χ4v) is 1.38. The smallest absolute Gasteiger partial charge is 0.406 e. The second-order valence-electron chi connectivity index (χ2n) is 4.36. The molecule has 5 heteroatoms. The van der Waals surface area contributed by atoms with E-state index in [4.69, 9.17) is 5.73 Å². The van der Waals surface area contributed by atoms with Crippen LogP contribution in [0, 0.1) is 0 Å². The Labute approximate surface area is 92.2 Å². The van der Waals surface area contributed by atoms with Crippen molar-refractivity contribution in [2.45, 2.75) is 32.2 Å². The van der Waals surface area contributed by atoms with Crippen LogP contribution in [0.15, 0.2) is 24.3 Å². The minimum atomic E-state index is -4.66. The number of nitrogens with two attached hydrogens (primary N) is 1. The Morgan fingerprint density at radius 1 is 1.25 bits per heavy atom. The average Bonchev–Trinajstić information content (AvgIpc) is 1.96. The van der Waals surface area contributed by atoms with Crippen LogP contribution < -0.4 is 10.5 Å². The number of rotatable bonds is 3. The minimum Gasteiger partial charge on any atom is -0.406 e. The molecule has 0 aromatic heterocycles. The number of benzene rings is 1. The third kappa shape index (κ3) is 5.02. The average molecular weight is 233 g/mol. The van der Waals surface area contributed by atoms with Gasteiger partial charge in [-0.2, -0.15) is 0 Å². The van der Waals surface area contributed by atoms with Crippen LogP contribution in [-0.4, -0.2) is 11.9 Å². The Morgan fingerprint density at radius 3 is 2.38 bits per heavy atom. The van der Waals surface area contributed by atoms with Crippen molar-refractivity contribution < 1.29 is 17.9 Å². The van der Waals surface area contributed by atoms with Crippen LogP contribution in [0.2, 0.25) is 0 Å². The molecule has 0 saturated carbocycles. The van der Waals surface area contributed by atoms with Crippen molar-refractivity contribution in [2.75, 3.05) is 0 Å². The Balaban J connectivity index is 2.79. The van der Waals surface area contributed by atoms with E-state index in [-0.39, 0.29) is 5.75 Å². The van der Waals surface area contributed by atoms with Crippen molar-refractivity contribution in [3.8, 4) is 5.75 Å². The van der Waals surface area contributed by atoms with Crippen molar-refractivity contribution in [1.82, 2.24) is 0 Å². The summed E-state index contributed by atoms with van der Waals surface area (Å²) in [5.41, 5.74) is 6.04. The molecule has 1 aromatic rings. The quantitative estimate of drug-likeness (QED) is 0.871. The largest absolute Gasteiger partial charge is 0.573 e. The molecule has 0 radical (unpaired) electrons. The van der Waals surface area contributed by atoms with E-state index in [9.17, 15) is 13.2 Å². The number of alkyl halides is 3. The van der Waals surface area contributed by atoms with Crippen LogP contribution in [0.3, 0.4) is 0 Å². The Kier molecular flexibility index (Phi) is 3.48. The van der Waals surface area contributed by atoms with E-state index in [1.165, 1.54) is 18.2 Å². The molecule has 2 nitrogen and oxygen atoms in total. The van der Waals surface area contributed by atoms with Gasteiger partial charge in [-0.15, -0.1) is 13.2 Å². The molecule has 0 aliphatic carbocycles. The van der Waals surface area contributed by atoms with E-state index < -0.39 is 11.9 Å². The zero-order valence-electron chi connectivity index (χ0n) is 9.14. The van der Waals surface area contributed by atoms with Gasteiger partial charge in [-0.3, -0.25) is 0 Å². The Bertz CT molecular complexity index is 324. The van der Waals surface area contributed by atoms with E-state index in [2.05, 4.69) is 4.74 Å². The van der Waals surface area contributed by atoms with Crippen molar-refractivity contribution in [3.05, 3.63) is 29.8 Å². The van der Waals surface area contributed by atoms with Gasteiger partial charge in [0.25, 0.3) is 0 Å². The maximum atomic E-state index is 12.0. The highest BCUT2D eigenvalue weighted by Crippen LogP contribution is 2.24. The van der Waals surface area contributed by atoms with E-state index in [1.807, 2.05) is 13.8 Å². The standard InChI is InChI=1S/C11H14F3NO/c1-10(2,15)7-8-4-3-5-9(6-8)16-11(12,13)14/h3-6H,7,15H2,1-2H3. The SMILES string of the molecule is CC(C)(N)Cc1cccc(OC(F)(F)F)c1. The summed E-state index contributed by atoms with van der Waals surface area (Å²) in [5, 5.41) is 0. The molecule has 0 fully saturated rings. The number of hydrogen-bond donors (Lipinski definition) is 1. The first-order valence-corrected chi connectivity index (χ1v) is 4.79. The third-order valence-electron chi connectivity index (χ3n) is 1.79. The molecule has 90 valence electrons. The molecule has 0 atom stereocenters. The lowest BCUT2D eigenvalue weighted by Crippen LogP contribution is -2.34. The van der Waals surface area contributed by atoms with Gasteiger partial charge in [0.15, 0.2) is 0 Å². The summed E-state index contributed by atoms with van der Waals surface area (Å²) >= 11 is 0. The zero-order chi connectivity index (χ0) is 12.4. The maximum Gasteiger partial charge on any atom is 0.573 e. The Morgan fingerprint density at radius 2 is 1.88 bits per heavy atom. The highest BCUT2D eigenvalue weighted by molar-refractivity contribution is 5.29. The monoisotopic (exact) mass is 233 g/mol. The van der Waals surface area contributed by atoms with Gasteiger partial charge in [0, 0.05) is 5.54 Å². The summed E-state index contributed by atoms with van der Waals surface area (Å²) in [5.74, 6) is -0.214. The molecule has 0 spiro atoms. The lowest BCUT2D eigenvalue weighted by Gasteiger charge is -2.18. The topological polar surface area (TPSA) is 35.2 Å².